The molecule has 1 aliphatic rings. The van der Waals surface area contributed by atoms with E-state index in [1.807, 2.05) is 0 Å². The Morgan fingerprint density at radius 1 is 0.526 bits per heavy atom. The zero-order valence-corrected chi connectivity index (χ0v) is 27.9. The van der Waals surface area contributed by atoms with E-state index in [1.54, 1.807) is 0 Å². The van der Waals surface area contributed by atoms with Crippen LogP contribution < -0.4 is 0 Å². The molecule has 0 amide bonds. The van der Waals surface area contributed by atoms with Crippen LogP contribution in [0.4, 0.5) is 0 Å². The molecule has 1 heterocycles. The second kappa shape index (κ2) is 22.4. The number of hydrogen-bond donors (Lipinski definition) is 0. The van der Waals surface area contributed by atoms with E-state index in [2.05, 4.69) is 63.7 Å². The van der Waals surface area contributed by atoms with Gasteiger partial charge in [-0.25, -0.2) is 0 Å². The highest BCUT2D eigenvalue weighted by molar-refractivity contribution is 9.09. The molecule has 0 aromatic carbocycles. The van der Waals surface area contributed by atoms with Gasteiger partial charge in [0.2, 0.25) is 12.4 Å². The van der Waals surface area contributed by atoms with Crippen molar-refractivity contribution in [1.29, 1.82) is 0 Å². The summed E-state index contributed by atoms with van der Waals surface area (Å²) in [4.78, 5) is 50.3. The molecule has 0 bridgehead atoms. The molecular formula is C25H38Br4O9. The van der Waals surface area contributed by atoms with Gasteiger partial charge in [0.05, 0.1) is 6.61 Å². The monoisotopic (exact) mass is 798 g/mol. The average molecular weight is 802 g/mol. The van der Waals surface area contributed by atoms with Crippen molar-refractivity contribution < 1.29 is 42.9 Å². The third kappa shape index (κ3) is 15.5. The molecule has 0 aromatic rings. The fourth-order valence-electron chi connectivity index (χ4n) is 3.51. The Bertz CT molecular complexity index is 652. The van der Waals surface area contributed by atoms with Gasteiger partial charge in [0.15, 0.2) is 12.2 Å². The molecule has 4 atom stereocenters. The number of rotatable bonds is 20. The molecule has 1 saturated heterocycles. The second-order valence-corrected chi connectivity index (χ2v) is 11.9. The molecule has 0 spiro atoms. The van der Waals surface area contributed by atoms with E-state index in [0.29, 0.717) is 25.7 Å². The van der Waals surface area contributed by atoms with Crippen molar-refractivity contribution >= 4 is 87.6 Å². The summed E-state index contributed by atoms with van der Waals surface area (Å²) in [6.07, 6.45) is 1.34. The molecule has 220 valence electrons. The van der Waals surface area contributed by atoms with Crippen molar-refractivity contribution in [3.05, 3.63) is 0 Å². The van der Waals surface area contributed by atoms with E-state index >= 15 is 0 Å². The third-order valence-corrected chi connectivity index (χ3v) is 7.75. The lowest BCUT2D eigenvalue weighted by Crippen LogP contribution is -2.58. The minimum atomic E-state index is -1.30. The Morgan fingerprint density at radius 3 is 1.32 bits per heavy atom. The van der Waals surface area contributed by atoms with E-state index in [0.717, 1.165) is 47.0 Å². The Balaban J connectivity index is 3.10. The molecule has 9 nitrogen and oxygen atoms in total. The molecule has 0 aliphatic carbocycles. The van der Waals surface area contributed by atoms with Crippen LogP contribution in [-0.4, -0.2) is 76.4 Å². The van der Waals surface area contributed by atoms with Gasteiger partial charge in [0, 0.05) is 47.0 Å². The first-order chi connectivity index (χ1) is 18.4. The fourth-order valence-corrected chi connectivity index (χ4v) is 5.09. The molecule has 1 fully saturated rings. The van der Waals surface area contributed by atoms with Crippen LogP contribution in [0.15, 0.2) is 0 Å². The van der Waals surface area contributed by atoms with Gasteiger partial charge in [-0.2, -0.15) is 0 Å². The van der Waals surface area contributed by atoms with Crippen molar-refractivity contribution in [1.82, 2.24) is 0 Å². The molecule has 13 heteroatoms. The van der Waals surface area contributed by atoms with Crippen LogP contribution in [0.1, 0.15) is 77.0 Å². The lowest BCUT2D eigenvalue weighted by molar-refractivity contribution is -0.275. The van der Waals surface area contributed by atoms with E-state index < -0.39 is 48.5 Å². The summed E-state index contributed by atoms with van der Waals surface area (Å²) in [5.74, 6) is -2.08. The van der Waals surface area contributed by atoms with Crippen molar-refractivity contribution in [2.24, 2.45) is 0 Å². The van der Waals surface area contributed by atoms with Crippen molar-refractivity contribution in [2.45, 2.75) is 102 Å². The average Bonchev–Trinajstić information content (AvgIpc) is 2.88. The summed E-state index contributed by atoms with van der Waals surface area (Å²) in [5.41, 5.74) is 0. The van der Waals surface area contributed by atoms with Gasteiger partial charge >= 0.3 is 23.9 Å². The minimum absolute atomic E-state index is 0.122. The van der Waals surface area contributed by atoms with Gasteiger partial charge in [-0.3, -0.25) is 19.2 Å². The smallest absolute Gasteiger partial charge is 0.308 e. The highest BCUT2D eigenvalue weighted by atomic mass is 79.9. The number of ether oxygens (including phenoxy) is 5. The highest BCUT2D eigenvalue weighted by Crippen LogP contribution is 2.27. The number of esters is 4. The zero-order valence-electron chi connectivity index (χ0n) is 21.5. The van der Waals surface area contributed by atoms with Crippen molar-refractivity contribution in [2.75, 3.05) is 27.9 Å². The summed E-state index contributed by atoms with van der Waals surface area (Å²) >= 11 is 13.3. The first-order valence-corrected chi connectivity index (χ1v) is 17.5. The molecule has 1 unspecified atom stereocenters. The number of carbonyl (C=O) groups excluding carboxylic acids is 4. The van der Waals surface area contributed by atoms with Crippen LogP contribution in [0.5, 0.6) is 0 Å². The van der Waals surface area contributed by atoms with Crippen LogP contribution >= 0.6 is 63.7 Å². The molecule has 1 rings (SSSR count). The maximum Gasteiger partial charge on any atom is 0.308 e. The van der Waals surface area contributed by atoms with E-state index in [1.165, 1.54) is 0 Å². The maximum atomic E-state index is 12.7. The lowest BCUT2D eigenvalue weighted by atomic mass is 10.0. The molecule has 0 N–H and O–H groups in total. The van der Waals surface area contributed by atoms with E-state index in [-0.39, 0.29) is 32.3 Å². The maximum absolute atomic E-state index is 12.7. The number of carbonyl (C=O) groups is 4. The Kier molecular flexibility index (Phi) is 21.1. The van der Waals surface area contributed by atoms with Gasteiger partial charge in [-0.05, 0) is 51.4 Å². The Hall–Kier alpha value is -0.240. The highest BCUT2D eigenvalue weighted by Gasteiger charge is 2.49. The van der Waals surface area contributed by atoms with Gasteiger partial charge < -0.3 is 23.7 Å². The van der Waals surface area contributed by atoms with Gasteiger partial charge in [-0.1, -0.05) is 63.7 Å². The molecule has 0 saturated carbocycles. The van der Waals surface area contributed by atoms with E-state index in [9.17, 15) is 19.2 Å². The predicted molar refractivity (Wildman–Crippen MR) is 156 cm³/mol. The SMILES string of the molecule is O=C(CCCCBr)OC1OC[C@@H](OC(=O)CCCCBr)[C@H](OC(=O)CCCCBr)[C@H]1OC(=O)CCCCBr. The van der Waals surface area contributed by atoms with Crippen LogP contribution in [0.3, 0.4) is 0 Å². The number of hydrogen-bond acceptors (Lipinski definition) is 9. The quantitative estimate of drug-likeness (QED) is 0.0645. The normalized spacial score (nSPS) is 20.9. The summed E-state index contributed by atoms with van der Waals surface area (Å²) in [6, 6.07) is 0. The summed E-state index contributed by atoms with van der Waals surface area (Å²) in [5, 5.41) is 3.00. The predicted octanol–water partition coefficient (Wildman–Crippen LogP) is 5.88. The molecule has 38 heavy (non-hydrogen) atoms. The number of unbranched alkanes of at least 4 members (excludes halogenated alkanes) is 4. The number of alkyl halides is 4. The first kappa shape index (κ1) is 35.8. The van der Waals surface area contributed by atoms with Crippen LogP contribution in [0.25, 0.3) is 0 Å². The topological polar surface area (TPSA) is 114 Å². The van der Waals surface area contributed by atoms with Crippen LogP contribution in [-0.2, 0) is 42.9 Å². The zero-order chi connectivity index (χ0) is 28.2. The number of halogens is 4. The van der Waals surface area contributed by atoms with Crippen molar-refractivity contribution in [3.8, 4) is 0 Å². The standard InChI is InChI=1S/C25H38Br4O9/c26-13-5-1-9-19(30)35-18-17-34-25(38-22(33)12-4-8-16-29)24(37-21(32)11-3-7-15-28)23(18)36-20(31)10-2-6-14-27/h18,23-25H,1-17H2/t18-,23+,24-,25?/m1/s1. The third-order valence-electron chi connectivity index (χ3n) is 5.51. The summed E-state index contributed by atoms with van der Waals surface area (Å²) < 4.78 is 28.3. The summed E-state index contributed by atoms with van der Waals surface area (Å²) in [7, 11) is 0. The first-order valence-electron chi connectivity index (χ1n) is 13.0. The Labute approximate surface area is 258 Å². The minimum Gasteiger partial charge on any atom is -0.456 e. The second-order valence-electron chi connectivity index (χ2n) is 8.71. The van der Waals surface area contributed by atoms with Crippen molar-refractivity contribution in [3.63, 3.8) is 0 Å². The van der Waals surface area contributed by atoms with Gasteiger partial charge in [0.25, 0.3) is 0 Å². The fraction of sp³-hybridized carbons (Fsp3) is 0.840. The van der Waals surface area contributed by atoms with Gasteiger partial charge in [-0.15, -0.1) is 0 Å². The molecular weight excluding hydrogens is 764 g/mol. The van der Waals surface area contributed by atoms with Crippen LogP contribution in [0, 0.1) is 0 Å². The molecule has 0 radical (unpaired) electrons. The lowest BCUT2D eigenvalue weighted by Gasteiger charge is -2.40. The Morgan fingerprint density at radius 2 is 0.895 bits per heavy atom. The summed E-state index contributed by atoms with van der Waals surface area (Å²) in [6.45, 7) is -0.180. The molecule has 1 aliphatic heterocycles. The van der Waals surface area contributed by atoms with E-state index in [4.69, 9.17) is 23.7 Å². The van der Waals surface area contributed by atoms with Gasteiger partial charge in [0.1, 0.15) is 0 Å². The van der Waals surface area contributed by atoms with Crippen LogP contribution in [0.2, 0.25) is 0 Å². The largest absolute Gasteiger partial charge is 0.456 e. The molecule has 0 aromatic heterocycles.